The average Bonchev–Trinajstić information content (AvgIpc) is 2.72. The molecule has 2 heterocycles. The van der Waals surface area contributed by atoms with Gasteiger partial charge in [0.15, 0.2) is 5.78 Å². The van der Waals surface area contributed by atoms with E-state index in [1.54, 1.807) is 28.8 Å². The monoisotopic (exact) mass is 464 g/mol. The topological polar surface area (TPSA) is 81.7 Å². The molecule has 2 aromatic carbocycles. The van der Waals surface area contributed by atoms with Crippen LogP contribution in [0.15, 0.2) is 24.3 Å². The summed E-state index contributed by atoms with van der Waals surface area (Å²) in [5, 5.41) is 22.3. The predicted octanol–water partition coefficient (Wildman–Crippen LogP) is 5.65. The van der Waals surface area contributed by atoms with Crippen molar-refractivity contribution in [2.24, 2.45) is 0 Å². The largest absolute Gasteiger partial charge is 0.371 e. The number of pyridine rings is 1. The minimum atomic E-state index is -0.316. The zero-order valence-corrected chi connectivity index (χ0v) is 17.8. The van der Waals surface area contributed by atoms with Crippen LogP contribution < -0.4 is 10.8 Å². The van der Waals surface area contributed by atoms with E-state index in [1.807, 2.05) is 6.07 Å². The van der Waals surface area contributed by atoms with E-state index in [1.165, 1.54) is 0 Å². The first-order valence-electron chi connectivity index (χ1n) is 8.62. The van der Waals surface area contributed by atoms with E-state index in [0.717, 1.165) is 6.42 Å². The third kappa shape index (κ3) is 3.08. The molecule has 0 amide bonds. The Morgan fingerprint density at radius 2 is 1.76 bits per heavy atom. The molecule has 146 valence electrons. The van der Waals surface area contributed by atoms with E-state index in [2.05, 4.69) is 5.32 Å². The van der Waals surface area contributed by atoms with E-state index < -0.39 is 0 Å². The highest BCUT2D eigenvalue weighted by atomic mass is 35.5. The molecule has 0 spiro atoms. The van der Waals surface area contributed by atoms with Crippen LogP contribution in [0.3, 0.4) is 0 Å². The van der Waals surface area contributed by atoms with Gasteiger partial charge in [0.2, 0.25) is 0 Å². The normalized spacial score (nSPS) is 12.9. The number of carbonyl (C=O) groups is 1. The van der Waals surface area contributed by atoms with E-state index in [0.29, 0.717) is 29.5 Å². The maximum atomic E-state index is 13.5. The van der Waals surface area contributed by atoms with Crippen LogP contribution in [0.2, 0.25) is 20.1 Å². The van der Waals surface area contributed by atoms with Crippen molar-refractivity contribution in [3.63, 3.8) is 0 Å². The molecule has 0 saturated heterocycles. The number of ketones is 1. The van der Waals surface area contributed by atoms with Crippen LogP contribution in [-0.2, 0) is 6.54 Å². The second-order valence-electron chi connectivity index (χ2n) is 6.52. The predicted molar refractivity (Wildman–Crippen MR) is 116 cm³/mol. The summed E-state index contributed by atoms with van der Waals surface area (Å²) >= 11 is 25.2. The molecule has 0 aliphatic carbocycles. The Hall–Kier alpha value is -2.23. The van der Waals surface area contributed by atoms with Crippen LogP contribution in [0.4, 0.5) is 5.82 Å². The van der Waals surface area contributed by atoms with Crippen LogP contribution in [-0.4, -0.2) is 16.9 Å². The maximum absolute atomic E-state index is 13.5. The second kappa shape index (κ2) is 7.55. The Balaban J connectivity index is 2.20. The lowest BCUT2D eigenvalue weighted by atomic mass is 9.95. The second-order valence-corrected chi connectivity index (χ2v) is 8.09. The van der Waals surface area contributed by atoms with Gasteiger partial charge in [-0.2, -0.15) is 5.26 Å². The highest BCUT2D eigenvalue weighted by Crippen LogP contribution is 2.42. The molecule has 29 heavy (non-hydrogen) atoms. The molecule has 0 radical (unpaired) electrons. The number of fused-ring (bicyclic) bond motifs is 2. The number of hydrogen-bond donors (Lipinski definition) is 2. The number of benzene rings is 2. The third-order valence-corrected chi connectivity index (χ3v) is 6.36. The Kier molecular flexibility index (Phi) is 5.22. The molecular weight excluding hydrogens is 454 g/mol. The summed E-state index contributed by atoms with van der Waals surface area (Å²) in [4.78, 5) is 13.5. The van der Waals surface area contributed by atoms with Crippen molar-refractivity contribution in [2.45, 2.75) is 13.0 Å². The summed E-state index contributed by atoms with van der Waals surface area (Å²) in [6.45, 7) is 1.16. The molecule has 1 aliphatic heterocycles. The summed E-state index contributed by atoms with van der Waals surface area (Å²) in [7, 11) is 0. The molecule has 5 nitrogen and oxygen atoms in total. The third-order valence-electron chi connectivity index (χ3n) is 4.88. The molecule has 0 unspecified atom stereocenters. The molecule has 0 fully saturated rings. The minimum absolute atomic E-state index is 0.00734. The number of rotatable bonds is 2. The van der Waals surface area contributed by atoms with Gasteiger partial charge in [-0.1, -0.05) is 46.4 Å². The zero-order valence-electron chi connectivity index (χ0n) is 14.7. The fourth-order valence-electron chi connectivity index (χ4n) is 3.53. The van der Waals surface area contributed by atoms with Gasteiger partial charge < -0.3 is 9.88 Å². The number of halogens is 4. The van der Waals surface area contributed by atoms with Gasteiger partial charge in [-0.15, -0.1) is 0 Å². The van der Waals surface area contributed by atoms with Gasteiger partial charge in [-0.25, -0.2) is 0 Å². The van der Waals surface area contributed by atoms with Gasteiger partial charge in [0.25, 0.3) is 0 Å². The minimum Gasteiger partial charge on any atom is -0.371 e. The summed E-state index contributed by atoms with van der Waals surface area (Å²) in [6.07, 6.45) is 0.772. The first-order chi connectivity index (χ1) is 13.9. The number of anilines is 1. The van der Waals surface area contributed by atoms with Crippen molar-refractivity contribution in [1.82, 2.24) is 4.57 Å². The summed E-state index contributed by atoms with van der Waals surface area (Å²) in [5.41, 5.74) is 0.705. The number of nitriles is 1. The van der Waals surface area contributed by atoms with Crippen LogP contribution in [0.1, 0.15) is 27.9 Å². The Bertz CT molecular complexity index is 1290. The van der Waals surface area contributed by atoms with Crippen LogP contribution >= 0.6 is 46.4 Å². The maximum Gasteiger partial charge on any atom is 0.197 e. The van der Waals surface area contributed by atoms with E-state index in [9.17, 15) is 10.1 Å². The number of aromatic nitrogens is 1. The lowest BCUT2D eigenvalue weighted by Crippen LogP contribution is -2.32. The summed E-state index contributed by atoms with van der Waals surface area (Å²) in [6, 6.07) is 8.41. The fourth-order valence-corrected chi connectivity index (χ4v) is 4.54. The van der Waals surface area contributed by atoms with Crippen molar-refractivity contribution in [3.05, 3.63) is 66.5 Å². The Labute approximate surface area is 185 Å². The number of nitrogens with one attached hydrogen (secondary N) is 2. The smallest absolute Gasteiger partial charge is 0.197 e. The van der Waals surface area contributed by atoms with Crippen molar-refractivity contribution in [1.29, 1.82) is 10.7 Å². The molecule has 0 bridgehead atoms. The Morgan fingerprint density at radius 1 is 1.07 bits per heavy atom. The average molecular weight is 466 g/mol. The van der Waals surface area contributed by atoms with Crippen molar-refractivity contribution in [3.8, 4) is 6.07 Å². The first kappa shape index (κ1) is 20.1. The van der Waals surface area contributed by atoms with Crippen LogP contribution in [0.25, 0.3) is 10.8 Å². The molecule has 0 atom stereocenters. The number of hydrogen-bond acceptors (Lipinski definition) is 4. The van der Waals surface area contributed by atoms with Gasteiger partial charge in [0.1, 0.15) is 17.4 Å². The van der Waals surface area contributed by atoms with E-state index in [4.69, 9.17) is 51.8 Å². The fraction of sp³-hybridized carbons (Fsp3) is 0.150. The standard InChI is InChI=1S/C20H12Cl4N4O/c21-10-4-2-9(3-5-10)18(29)14-12-13(15(22)11(8-25)16(23)17(12)24)19(26)28-7-1-6-27-20(14)28/h2-5,26-27H,1,6-7H2. The van der Waals surface area contributed by atoms with Gasteiger partial charge in [0, 0.05) is 34.4 Å². The van der Waals surface area contributed by atoms with Crippen LogP contribution in [0.5, 0.6) is 0 Å². The zero-order chi connectivity index (χ0) is 20.9. The van der Waals surface area contributed by atoms with Gasteiger partial charge in [-0.3, -0.25) is 10.2 Å². The molecule has 1 aliphatic rings. The molecule has 2 N–H and O–H groups in total. The first-order valence-corrected chi connectivity index (χ1v) is 10.1. The molecule has 0 saturated carbocycles. The van der Waals surface area contributed by atoms with Gasteiger partial charge in [0.05, 0.1) is 26.2 Å². The molecule has 9 heteroatoms. The SMILES string of the molecule is N#Cc1c(Cl)c(Cl)c2c(C(=O)c3ccc(Cl)cc3)c3n(c(=N)c2c1Cl)CCCN3. The number of carbonyl (C=O) groups excluding carboxylic acids is 1. The van der Waals surface area contributed by atoms with Crippen molar-refractivity contribution < 1.29 is 4.79 Å². The van der Waals surface area contributed by atoms with Crippen molar-refractivity contribution in [2.75, 3.05) is 11.9 Å². The number of nitrogens with zero attached hydrogens (tertiary/aromatic N) is 2. The molecular formula is C20H12Cl4N4O. The van der Waals surface area contributed by atoms with E-state index >= 15 is 0 Å². The molecule has 4 rings (SSSR count). The summed E-state index contributed by atoms with van der Waals surface area (Å²) in [5.74, 6) is 0.163. The lowest BCUT2D eigenvalue weighted by molar-refractivity contribution is 0.104. The summed E-state index contributed by atoms with van der Waals surface area (Å²) < 4.78 is 1.67. The highest BCUT2D eigenvalue weighted by Gasteiger charge is 2.29. The molecule has 1 aromatic heterocycles. The lowest BCUT2D eigenvalue weighted by Gasteiger charge is -2.26. The van der Waals surface area contributed by atoms with Crippen LogP contribution in [0, 0.1) is 16.7 Å². The molecule has 3 aromatic rings. The quantitative estimate of drug-likeness (QED) is 0.378. The van der Waals surface area contributed by atoms with Crippen molar-refractivity contribution >= 4 is 68.8 Å². The Morgan fingerprint density at radius 3 is 2.41 bits per heavy atom. The highest BCUT2D eigenvalue weighted by molar-refractivity contribution is 6.50. The van der Waals surface area contributed by atoms with Gasteiger partial charge in [-0.05, 0) is 30.7 Å². The van der Waals surface area contributed by atoms with E-state index in [-0.39, 0.29) is 48.2 Å². The van der Waals surface area contributed by atoms with Gasteiger partial charge >= 0.3 is 0 Å².